The molecule has 2 aliphatic carbocycles. The SMILES string of the molecule is CC1(C)c2ccccc2-c2c(N(c3ccc(-c4ccc(-c5ccc6ccc(CC7(C)c8ccccc8-c8c(N(c9ccc(-c%10ccc(-c%11ccc%12ccccc%12c%11)cc%10)cc9)c9ccc(-c%10ccc(-c%11cccc%12ccccc%11%12)cc%10)cc9)cccc87)cc6c5)cc4)cc3)c3cccc4ccccc34)cccc21. The second-order valence-corrected chi connectivity index (χ2v) is 30.2. The molecule has 0 heterocycles. The molecular weight excluding hydrogens is 1300 g/mol. The van der Waals surface area contributed by atoms with Crippen LogP contribution in [0.3, 0.4) is 0 Å². The van der Waals surface area contributed by atoms with E-state index in [2.05, 4.69) is 425 Å². The van der Waals surface area contributed by atoms with Crippen LogP contribution in [-0.2, 0) is 17.3 Å². The van der Waals surface area contributed by atoms with E-state index in [4.69, 9.17) is 0 Å². The maximum atomic E-state index is 2.49. The minimum atomic E-state index is -0.336. The summed E-state index contributed by atoms with van der Waals surface area (Å²) in [6.45, 7) is 7.20. The summed E-state index contributed by atoms with van der Waals surface area (Å²) in [5.41, 5.74) is 32.5. The Hall–Kier alpha value is -13.4. The van der Waals surface area contributed by atoms with Crippen LogP contribution in [-0.4, -0.2) is 0 Å². The monoisotopic (exact) mass is 1380 g/mol. The van der Waals surface area contributed by atoms with Crippen LogP contribution in [0.15, 0.2) is 394 Å². The van der Waals surface area contributed by atoms with Gasteiger partial charge in [0.1, 0.15) is 0 Å². The standard InChI is InChI=1S/C106H76N2/c1-105(2)96-29-12-10-26-94(96)103-98(105)31-16-35-102(103)108(100-33-15-23-82-20-7-9-25-93(82)100)90-64-58-77(59-65-90)73-40-44-79(45-41-73)86-53-49-80-37-36-70(66-87(80)68-86)69-106(3)97-30-13-11-27-95(97)104-99(106)32-17-34-101(104)107(88-60-54-75(55-61-88)72-38-42-78(43-39-72)85-52-48-71-18-4-5-21-84(71)67-85)89-62-56-76(57-63-89)74-46-50-83(51-47-74)92-28-14-22-81-19-6-8-24-91(81)92/h4-68H,69H2,1-3H3. The highest BCUT2D eigenvalue weighted by Crippen LogP contribution is 2.58. The number of benzene rings is 18. The second-order valence-electron chi connectivity index (χ2n) is 30.2. The van der Waals surface area contributed by atoms with Gasteiger partial charge in [0.05, 0.1) is 17.1 Å². The van der Waals surface area contributed by atoms with Gasteiger partial charge in [-0.1, -0.05) is 348 Å². The molecule has 0 radical (unpaired) electrons. The molecule has 510 valence electrons. The van der Waals surface area contributed by atoms with Gasteiger partial charge in [-0.2, -0.15) is 0 Å². The fourth-order valence-corrected chi connectivity index (χ4v) is 17.9. The average molecular weight is 1380 g/mol. The fraction of sp³-hybridized carbons (Fsp3) is 0.0566. The minimum Gasteiger partial charge on any atom is -0.310 e. The van der Waals surface area contributed by atoms with Crippen molar-refractivity contribution < 1.29 is 0 Å². The van der Waals surface area contributed by atoms with E-state index in [1.165, 1.54) is 166 Å². The van der Waals surface area contributed by atoms with Gasteiger partial charge in [0, 0.05) is 44.4 Å². The van der Waals surface area contributed by atoms with Crippen molar-refractivity contribution in [3.05, 3.63) is 422 Å². The van der Waals surface area contributed by atoms with Crippen LogP contribution in [0, 0.1) is 0 Å². The van der Waals surface area contributed by atoms with Crippen molar-refractivity contribution in [3.8, 4) is 89.0 Å². The summed E-state index contributed by atoms with van der Waals surface area (Å²) in [5, 5.41) is 9.92. The lowest BCUT2D eigenvalue weighted by Gasteiger charge is -2.30. The highest BCUT2D eigenvalue weighted by Gasteiger charge is 2.42. The molecule has 2 aliphatic rings. The minimum absolute atomic E-state index is 0.121. The Balaban J connectivity index is 0.609. The van der Waals surface area contributed by atoms with Crippen molar-refractivity contribution in [2.24, 2.45) is 0 Å². The van der Waals surface area contributed by atoms with Crippen LogP contribution in [0.2, 0.25) is 0 Å². The van der Waals surface area contributed by atoms with E-state index in [0.29, 0.717) is 0 Å². The Kier molecular flexibility index (Phi) is 15.5. The Morgan fingerprint density at radius 1 is 0.213 bits per heavy atom. The molecular formula is C106H76N2. The number of nitrogens with zero attached hydrogens (tertiary/aromatic N) is 2. The molecule has 0 aliphatic heterocycles. The van der Waals surface area contributed by atoms with Crippen LogP contribution < -0.4 is 9.80 Å². The normalized spacial score (nSPS) is 13.8. The molecule has 2 heteroatoms. The van der Waals surface area contributed by atoms with Crippen molar-refractivity contribution in [2.45, 2.75) is 38.0 Å². The van der Waals surface area contributed by atoms with Crippen LogP contribution in [0.5, 0.6) is 0 Å². The summed E-state index contributed by atoms with van der Waals surface area (Å²) < 4.78 is 0. The highest BCUT2D eigenvalue weighted by atomic mass is 15.2. The summed E-state index contributed by atoms with van der Waals surface area (Å²) >= 11 is 0. The topological polar surface area (TPSA) is 6.48 Å². The van der Waals surface area contributed by atoms with Crippen LogP contribution in [0.25, 0.3) is 132 Å². The van der Waals surface area contributed by atoms with Gasteiger partial charge in [-0.15, -0.1) is 0 Å². The summed E-state index contributed by atoms with van der Waals surface area (Å²) in [4.78, 5) is 4.97. The van der Waals surface area contributed by atoms with Gasteiger partial charge in [-0.3, -0.25) is 0 Å². The number of rotatable bonds is 14. The zero-order chi connectivity index (χ0) is 72.0. The first-order valence-corrected chi connectivity index (χ1v) is 37.8. The third-order valence-electron chi connectivity index (χ3n) is 23.5. The van der Waals surface area contributed by atoms with Crippen LogP contribution in [0.1, 0.15) is 48.6 Å². The molecule has 108 heavy (non-hydrogen) atoms. The lowest BCUT2D eigenvalue weighted by Crippen LogP contribution is -2.24. The van der Waals surface area contributed by atoms with Gasteiger partial charge in [0.15, 0.2) is 0 Å². The van der Waals surface area contributed by atoms with E-state index in [0.717, 1.165) is 34.9 Å². The fourth-order valence-electron chi connectivity index (χ4n) is 17.9. The van der Waals surface area contributed by atoms with Gasteiger partial charge >= 0.3 is 0 Å². The van der Waals surface area contributed by atoms with Gasteiger partial charge in [0.2, 0.25) is 0 Å². The smallest absolute Gasteiger partial charge is 0.0543 e. The maximum absolute atomic E-state index is 2.49. The molecule has 2 nitrogen and oxygen atoms in total. The van der Waals surface area contributed by atoms with Crippen molar-refractivity contribution in [1.82, 2.24) is 0 Å². The van der Waals surface area contributed by atoms with Crippen molar-refractivity contribution in [1.29, 1.82) is 0 Å². The molecule has 0 bridgehead atoms. The zero-order valence-corrected chi connectivity index (χ0v) is 60.6. The van der Waals surface area contributed by atoms with Crippen molar-refractivity contribution in [3.63, 3.8) is 0 Å². The molecule has 0 saturated heterocycles. The second kappa shape index (κ2) is 26.0. The highest BCUT2D eigenvalue weighted by molar-refractivity contribution is 6.04. The summed E-state index contributed by atoms with van der Waals surface area (Å²) in [7, 11) is 0. The molecule has 0 spiro atoms. The number of hydrogen-bond donors (Lipinski definition) is 0. The van der Waals surface area contributed by atoms with Crippen LogP contribution in [0.4, 0.5) is 34.1 Å². The molecule has 0 saturated carbocycles. The molecule has 18 aromatic carbocycles. The van der Waals surface area contributed by atoms with E-state index < -0.39 is 0 Å². The quantitative estimate of drug-likeness (QED) is 0.107. The van der Waals surface area contributed by atoms with E-state index in [9.17, 15) is 0 Å². The first-order valence-electron chi connectivity index (χ1n) is 37.8. The summed E-state index contributed by atoms with van der Waals surface area (Å²) in [6, 6.07) is 147. The third kappa shape index (κ3) is 11.0. The van der Waals surface area contributed by atoms with E-state index in [1.54, 1.807) is 0 Å². The predicted octanol–water partition coefficient (Wildman–Crippen LogP) is 29.1. The predicted molar refractivity (Wildman–Crippen MR) is 458 cm³/mol. The lowest BCUT2D eigenvalue weighted by molar-refractivity contribution is 0.583. The summed E-state index contributed by atoms with van der Waals surface area (Å²) in [6.07, 6.45) is 0.829. The molecule has 0 aromatic heterocycles. The number of fused-ring (bicyclic) bond motifs is 10. The number of anilines is 6. The zero-order valence-electron chi connectivity index (χ0n) is 60.6. The Morgan fingerprint density at radius 2 is 0.565 bits per heavy atom. The molecule has 0 N–H and O–H groups in total. The van der Waals surface area contributed by atoms with Crippen molar-refractivity contribution in [2.75, 3.05) is 9.80 Å². The molecule has 1 unspecified atom stereocenters. The van der Waals surface area contributed by atoms with Crippen molar-refractivity contribution >= 4 is 77.2 Å². The maximum Gasteiger partial charge on any atom is 0.0543 e. The first-order chi connectivity index (χ1) is 53.1. The van der Waals surface area contributed by atoms with Gasteiger partial charge in [-0.05, 0) is 217 Å². The number of hydrogen-bond acceptors (Lipinski definition) is 2. The van der Waals surface area contributed by atoms with Gasteiger partial charge < -0.3 is 9.80 Å². The summed E-state index contributed by atoms with van der Waals surface area (Å²) in [5.74, 6) is 0. The van der Waals surface area contributed by atoms with Gasteiger partial charge in [-0.25, -0.2) is 0 Å². The molecule has 0 amide bonds. The molecule has 0 fully saturated rings. The molecule has 18 aromatic rings. The van der Waals surface area contributed by atoms with Crippen LogP contribution >= 0.6 is 0 Å². The third-order valence-corrected chi connectivity index (χ3v) is 23.5. The lowest BCUT2D eigenvalue weighted by atomic mass is 9.75. The largest absolute Gasteiger partial charge is 0.310 e. The first kappa shape index (κ1) is 64.2. The Labute approximate surface area is 632 Å². The van der Waals surface area contributed by atoms with E-state index >= 15 is 0 Å². The molecule has 20 rings (SSSR count). The Morgan fingerprint density at radius 3 is 1.16 bits per heavy atom. The van der Waals surface area contributed by atoms with E-state index in [1.807, 2.05) is 0 Å². The average Bonchev–Trinajstić information content (AvgIpc) is 1.56. The van der Waals surface area contributed by atoms with E-state index in [-0.39, 0.29) is 10.8 Å². The molecule has 1 atom stereocenters. The van der Waals surface area contributed by atoms with Gasteiger partial charge in [0.25, 0.3) is 0 Å². The Bertz CT molecular complexity index is 6510.